The lowest BCUT2D eigenvalue weighted by molar-refractivity contribution is -0.136. The van der Waals surface area contributed by atoms with Crippen LogP contribution >= 0.6 is 34.6 Å². The average molecular weight is 425 g/mol. The van der Waals surface area contributed by atoms with Gasteiger partial charge in [-0.1, -0.05) is 40.3 Å². The molecule has 0 aliphatic rings. The standard InChI is InChI=1S/C14H18BrO4PS2/c1-3-18-20(22,19-4-2)12(14(16)17)9-13(21)10-6-5-7-11(15)8-10/h5-8,12H,3-4,9H2,1-2H3,(H,16,17). The maximum Gasteiger partial charge on any atom is 0.316 e. The molecule has 0 aliphatic heterocycles. The molecule has 4 nitrogen and oxygen atoms in total. The molecule has 1 atom stereocenters. The summed E-state index contributed by atoms with van der Waals surface area (Å²) in [5.74, 6) is -1.04. The summed E-state index contributed by atoms with van der Waals surface area (Å²) in [5.41, 5.74) is -0.154. The third-order valence-corrected chi connectivity index (χ3v) is 7.50. The van der Waals surface area contributed by atoms with E-state index in [9.17, 15) is 9.90 Å². The summed E-state index contributed by atoms with van der Waals surface area (Å²) in [5, 5.41) is 9.54. The maximum atomic E-state index is 11.7. The van der Waals surface area contributed by atoms with Gasteiger partial charge in [0.2, 0.25) is 6.49 Å². The smallest absolute Gasteiger partial charge is 0.316 e. The summed E-state index contributed by atoms with van der Waals surface area (Å²) in [4.78, 5) is 12.2. The normalized spacial score (nSPS) is 12.9. The molecule has 1 N–H and O–H groups in total. The van der Waals surface area contributed by atoms with E-state index in [0.29, 0.717) is 18.1 Å². The molecule has 0 spiro atoms. The number of carboxylic acids is 1. The van der Waals surface area contributed by atoms with E-state index >= 15 is 0 Å². The molecule has 0 saturated carbocycles. The molecule has 1 aromatic carbocycles. The van der Waals surface area contributed by atoms with Crippen LogP contribution in [-0.4, -0.2) is 34.8 Å². The van der Waals surface area contributed by atoms with Gasteiger partial charge in [-0.15, -0.1) is 0 Å². The molecule has 1 rings (SSSR count). The van der Waals surface area contributed by atoms with Crippen LogP contribution in [0.15, 0.2) is 28.7 Å². The fourth-order valence-electron chi connectivity index (χ4n) is 1.87. The first-order valence-electron chi connectivity index (χ1n) is 6.74. The molecule has 22 heavy (non-hydrogen) atoms. The van der Waals surface area contributed by atoms with Crippen molar-refractivity contribution in [3.8, 4) is 0 Å². The highest BCUT2D eigenvalue weighted by Gasteiger charge is 2.37. The molecule has 1 aromatic rings. The van der Waals surface area contributed by atoms with Crippen LogP contribution in [0, 0.1) is 0 Å². The zero-order valence-corrected chi connectivity index (χ0v) is 16.4. The van der Waals surface area contributed by atoms with E-state index in [1.807, 2.05) is 24.3 Å². The minimum absolute atomic E-state index is 0.123. The van der Waals surface area contributed by atoms with E-state index in [-0.39, 0.29) is 6.42 Å². The SMILES string of the molecule is CCOP(=S)(OCC)C(CC(=S)c1cccc(Br)c1)C(=O)O. The molecule has 0 radical (unpaired) electrons. The molecule has 0 saturated heterocycles. The van der Waals surface area contributed by atoms with E-state index in [1.54, 1.807) is 13.8 Å². The van der Waals surface area contributed by atoms with Crippen molar-refractivity contribution in [1.82, 2.24) is 0 Å². The van der Waals surface area contributed by atoms with Gasteiger partial charge < -0.3 is 14.2 Å². The highest BCUT2D eigenvalue weighted by atomic mass is 79.9. The molecule has 0 bridgehead atoms. The van der Waals surface area contributed by atoms with Crippen molar-refractivity contribution in [2.24, 2.45) is 0 Å². The first-order valence-corrected chi connectivity index (χ1v) is 10.6. The Morgan fingerprint density at radius 1 is 1.36 bits per heavy atom. The number of hydrogen-bond acceptors (Lipinski definition) is 5. The van der Waals surface area contributed by atoms with E-state index in [0.717, 1.165) is 10.0 Å². The number of thiocarbonyl (C=S) groups is 1. The molecule has 0 aromatic heterocycles. The van der Waals surface area contributed by atoms with Crippen LogP contribution in [0.5, 0.6) is 0 Å². The quantitative estimate of drug-likeness (QED) is 0.360. The van der Waals surface area contributed by atoms with Crippen LogP contribution in [0.25, 0.3) is 0 Å². The first kappa shape index (κ1) is 19.9. The van der Waals surface area contributed by atoms with Crippen molar-refractivity contribution in [1.29, 1.82) is 0 Å². The summed E-state index contributed by atoms with van der Waals surface area (Å²) in [6.07, 6.45) is 0.123. The molecule has 122 valence electrons. The predicted octanol–water partition coefficient (Wildman–Crippen LogP) is 4.39. The lowest BCUT2D eigenvalue weighted by Gasteiger charge is -2.27. The fourth-order valence-corrected chi connectivity index (χ4v) is 5.64. The molecular formula is C14H18BrO4PS2. The van der Waals surface area contributed by atoms with Crippen molar-refractivity contribution >= 4 is 57.3 Å². The fraction of sp³-hybridized carbons (Fsp3) is 0.429. The van der Waals surface area contributed by atoms with Gasteiger partial charge in [-0.05, 0) is 43.4 Å². The largest absolute Gasteiger partial charge is 0.481 e. The summed E-state index contributed by atoms with van der Waals surface area (Å²) in [6, 6.07) is 7.43. The van der Waals surface area contributed by atoms with Gasteiger partial charge in [0.05, 0.1) is 13.2 Å². The van der Waals surface area contributed by atoms with E-state index in [2.05, 4.69) is 15.9 Å². The van der Waals surface area contributed by atoms with E-state index in [1.165, 1.54) is 0 Å². The second-order valence-electron chi connectivity index (χ2n) is 4.37. The minimum atomic E-state index is -2.94. The number of aliphatic carboxylic acids is 1. The van der Waals surface area contributed by atoms with Gasteiger partial charge in [0.15, 0.2) is 0 Å². The summed E-state index contributed by atoms with van der Waals surface area (Å²) >= 11 is 14.2. The Bertz CT molecular complexity index is 584. The molecule has 0 aliphatic carbocycles. The van der Waals surface area contributed by atoms with Gasteiger partial charge in [0, 0.05) is 15.8 Å². The topological polar surface area (TPSA) is 55.8 Å². The number of carbonyl (C=O) groups is 1. The van der Waals surface area contributed by atoms with Crippen LogP contribution in [0.4, 0.5) is 0 Å². The molecule has 0 amide bonds. The van der Waals surface area contributed by atoms with Crippen LogP contribution in [0.3, 0.4) is 0 Å². The molecule has 0 heterocycles. The third kappa shape index (κ3) is 5.48. The highest BCUT2D eigenvalue weighted by molar-refractivity contribution is 9.10. The van der Waals surface area contributed by atoms with Crippen LogP contribution < -0.4 is 0 Å². The van der Waals surface area contributed by atoms with Gasteiger partial charge in [-0.25, -0.2) is 0 Å². The van der Waals surface area contributed by atoms with Crippen LogP contribution in [-0.2, 0) is 25.6 Å². The average Bonchev–Trinajstić information content (AvgIpc) is 2.44. The van der Waals surface area contributed by atoms with Gasteiger partial charge in [-0.3, -0.25) is 4.79 Å². The number of hydrogen-bond donors (Lipinski definition) is 1. The highest BCUT2D eigenvalue weighted by Crippen LogP contribution is 2.55. The predicted molar refractivity (Wildman–Crippen MR) is 99.4 cm³/mol. The molecule has 1 unspecified atom stereocenters. The Morgan fingerprint density at radius 3 is 2.41 bits per heavy atom. The minimum Gasteiger partial charge on any atom is -0.481 e. The van der Waals surface area contributed by atoms with Crippen molar-refractivity contribution in [3.05, 3.63) is 34.3 Å². The van der Waals surface area contributed by atoms with E-state index < -0.39 is 18.1 Å². The van der Waals surface area contributed by atoms with Crippen LogP contribution in [0.1, 0.15) is 25.8 Å². The second kappa shape index (κ2) is 9.21. The van der Waals surface area contributed by atoms with Crippen molar-refractivity contribution in [2.75, 3.05) is 13.2 Å². The number of halogens is 1. The van der Waals surface area contributed by atoms with Gasteiger partial charge in [-0.2, -0.15) is 0 Å². The summed E-state index contributed by atoms with van der Waals surface area (Å²) in [6.45, 7) is 1.22. The Balaban J connectivity index is 3.03. The Morgan fingerprint density at radius 2 is 1.95 bits per heavy atom. The zero-order chi connectivity index (χ0) is 16.8. The van der Waals surface area contributed by atoms with Crippen molar-refractivity contribution < 1.29 is 18.9 Å². The number of benzene rings is 1. The number of rotatable bonds is 9. The van der Waals surface area contributed by atoms with Crippen molar-refractivity contribution in [2.45, 2.75) is 25.9 Å². The monoisotopic (exact) mass is 424 g/mol. The maximum absolute atomic E-state index is 11.7. The molecule has 0 fully saturated rings. The van der Waals surface area contributed by atoms with Gasteiger partial charge in [0.1, 0.15) is 5.66 Å². The Labute approximate surface area is 149 Å². The summed E-state index contributed by atoms with van der Waals surface area (Å²) in [7, 11) is 0. The Hall–Kier alpha value is -0.170. The summed E-state index contributed by atoms with van der Waals surface area (Å²) < 4.78 is 11.9. The third-order valence-electron chi connectivity index (χ3n) is 2.81. The lowest BCUT2D eigenvalue weighted by atomic mass is 10.1. The van der Waals surface area contributed by atoms with Crippen molar-refractivity contribution in [3.63, 3.8) is 0 Å². The number of carboxylic acid groups (broad SMARTS) is 1. The van der Waals surface area contributed by atoms with Gasteiger partial charge in [0.25, 0.3) is 0 Å². The zero-order valence-electron chi connectivity index (χ0n) is 12.3. The second-order valence-corrected chi connectivity index (χ2v) is 9.52. The first-order chi connectivity index (χ1) is 10.3. The van der Waals surface area contributed by atoms with Crippen LogP contribution in [0.2, 0.25) is 0 Å². The lowest BCUT2D eigenvalue weighted by Crippen LogP contribution is -2.26. The molecule has 8 heteroatoms. The Kier molecular flexibility index (Phi) is 8.32. The van der Waals surface area contributed by atoms with Gasteiger partial charge >= 0.3 is 5.97 Å². The van der Waals surface area contributed by atoms with E-state index in [4.69, 9.17) is 33.1 Å². The molecular weight excluding hydrogens is 407 g/mol.